The van der Waals surface area contributed by atoms with Crippen LogP contribution in [0.2, 0.25) is 0 Å². The van der Waals surface area contributed by atoms with Crippen molar-refractivity contribution in [2.45, 2.75) is 27.7 Å². The van der Waals surface area contributed by atoms with Gasteiger partial charge < -0.3 is 9.47 Å². The average Bonchev–Trinajstić information content (AvgIpc) is 2.22. The molecule has 0 atom stereocenters. The number of carbonyl (C=O) groups excluding carboxylic acids is 2. The molecule has 0 saturated carbocycles. The number of ether oxygens (including phenoxy) is 2. The van der Waals surface area contributed by atoms with Crippen LogP contribution in [0.25, 0.3) is 0 Å². The Labute approximate surface area is 107 Å². The van der Waals surface area contributed by atoms with Crippen molar-refractivity contribution in [3.63, 3.8) is 0 Å². The zero-order valence-corrected chi connectivity index (χ0v) is 11.4. The van der Waals surface area contributed by atoms with Gasteiger partial charge in [0.25, 0.3) is 0 Å². The van der Waals surface area contributed by atoms with Gasteiger partial charge in [-0.15, -0.1) is 0 Å². The smallest absolute Gasteiger partial charge is 0.350 e. The molecule has 0 N–H and O–H groups in total. The van der Waals surface area contributed by atoms with Gasteiger partial charge in [0.05, 0.1) is 13.2 Å². The fourth-order valence-corrected chi connectivity index (χ4v) is 0.908. The number of esters is 2. The van der Waals surface area contributed by atoms with Crippen LogP contribution in [0.4, 0.5) is 0 Å². The molecule has 0 aromatic carbocycles. The molecule has 0 aromatic heterocycles. The van der Waals surface area contributed by atoms with E-state index in [4.69, 9.17) is 21.1 Å². The second-order valence-corrected chi connectivity index (χ2v) is 4.92. The average molecular weight is 263 g/mol. The third-order valence-corrected chi connectivity index (χ3v) is 1.81. The molecule has 0 aliphatic heterocycles. The number of halogens is 1. The van der Waals surface area contributed by atoms with E-state index in [2.05, 4.69) is 0 Å². The van der Waals surface area contributed by atoms with Crippen LogP contribution in [0.1, 0.15) is 27.7 Å². The molecule has 0 spiro atoms. The van der Waals surface area contributed by atoms with E-state index in [-0.39, 0.29) is 23.5 Å². The number of carbonyl (C=O) groups is 2. The van der Waals surface area contributed by atoms with Crippen LogP contribution in [-0.2, 0) is 19.1 Å². The van der Waals surface area contributed by atoms with Gasteiger partial charge in [-0.25, -0.2) is 9.59 Å². The first kappa shape index (κ1) is 16.0. The second-order valence-electron chi connectivity index (χ2n) is 4.51. The van der Waals surface area contributed by atoms with E-state index in [0.29, 0.717) is 6.61 Å². The van der Waals surface area contributed by atoms with Crippen LogP contribution in [0.15, 0.2) is 11.1 Å². The number of hydrogen-bond donors (Lipinski definition) is 0. The zero-order chi connectivity index (χ0) is 13.4. The number of hydrogen-bond acceptors (Lipinski definition) is 4. The highest BCUT2D eigenvalue weighted by atomic mass is 35.5. The molecular weight excluding hydrogens is 244 g/mol. The Hall–Kier alpha value is -1.03. The van der Waals surface area contributed by atoms with Crippen LogP contribution in [0.3, 0.4) is 0 Å². The Morgan fingerprint density at radius 3 is 2.00 bits per heavy atom. The van der Waals surface area contributed by atoms with Crippen molar-refractivity contribution in [3.05, 3.63) is 11.1 Å². The Morgan fingerprint density at radius 2 is 1.53 bits per heavy atom. The van der Waals surface area contributed by atoms with E-state index >= 15 is 0 Å². The summed E-state index contributed by atoms with van der Waals surface area (Å²) in [6, 6.07) is 0. The fourth-order valence-electron chi connectivity index (χ4n) is 0.764. The Bertz CT molecular complexity index is 295. The summed E-state index contributed by atoms with van der Waals surface area (Å²) in [6.07, 6.45) is 0.937. The van der Waals surface area contributed by atoms with Gasteiger partial charge in [-0.2, -0.15) is 0 Å². The lowest BCUT2D eigenvalue weighted by Crippen LogP contribution is -2.12. The molecule has 0 aromatic rings. The van der Waals surface area contributed by atoms with E-state index in [9.17, 15) is 9.59 Å². The van der Waals surface area contributed by atoms with Crippen molar-refractivity contribution < 1.29 is 19.1 Å². The summed E-state index contributed by atoms with van der Waals surface area (Å²) in [5.74, 6) is -0.887. The lowest BCUT2D eigenvalue weighted by Gasteiger charge is -2.07. The summed E-state index contributed by atoms with van der Waals surface area (Å²) >= 11 is 5.61. The Kier molecular flexibility index (Phi) is 7.63. The molecule has 0 fully saturated rings. The van der Waals surface area contributed by atoms with Crippen molar-refractivity contribution in [2.24, 2.45) is 11.8 Å². The molecule has 0 radical (unpaired) electrons. The Morgan fingerprint density at radius 1 is 1.06 bits per heavy atom. The molecule has 17 heavy (non-hydrogen) atoms. The van der Waals surface area contributed by atoms with Crippen molar-refractivity contribution >= 4 is 23.5 Å². The monoisotopic (exact) mass is 262 g/mol. The van der Waals surface area contributed by atoms with Gasteiger partial charge in [-0.05, 0) is 11.8 Å². The first-order valence-electron chi connectivity index (χ1n) is 5.54. The topological polar surface area (TPSA) is 52.6 Å². The predicted molar refractivity (Wildman–Crippen MR) is 65.5 cm³/mol. The van der Waals surface area contributed by atoms with Gasteiger partial charge in [0.15, 0.2) is 0 Å². The predicted octanol–water partition coefficient (Wildman–Crippen LogP) is 2.51. The quantitative estimate of drug-likeness (QED) is 0.545. The Balaban J connectivity index is 4.14. The minimum absolute atomic E-state index is 0.219. The van der Waals surface area contributed by atoms with Gasteiger partial charge in [-0.3, -0.25) is 0 Å². The first-order chi connectivity index (χ1) is 7.82. The fraction of sp³-hybridized carbons (Fsp3) is 0.667. The van der Waals surface area contributed by atoms with Crippen LogP contribution < -0.4 is 0 Å². The second kappa shape index (κ2) is 8.12. The molecule has 0 heterocycles. The van der Waals surface area contributed by atoms with Crippen LogP contribution in [-0.4, -0.2) is 25.2 Å². The summed E-state index contributed by atoms with van der Waals surface area (Å²) in [5, 5.41) is -0.264. The van der Waals surface area contributed by atoms with Gasteiger partial charge >= 0.3 is 11.9 Å². The zero-order valence-electron chi connectivity index (χ0n) is 10.7. The molecule has 0 rings (SSSR count). The van der Waals surface area contributed by atoms with Crippen LogP contribution in [0.5, 0.6) is 0 Å². The maximum absolute atomic E-state index is 11.3. The number of rotatable bonds is 6. The highest BCUT2D eigenvalue weighted by Gasteiger charge is 2.12. The van der Waals surface area contributed by atoms with E-state index in [1.165, 1.54) is 0 Å². The normalized spacial score (nSPS) is 11.8. The summed E-state index contributed by atoms with van der Waals surface area (Å²) in [4.78, 5) is 22.5. The molecule has 0 amide bonds. The SMILES string of the molecule is CC(C)COC(=O)/C=C(\Cl)C(=O)OCC(C)C. The van der Waals surface area contributed by atoms with Crippen molar-refractivity contribution in [1.29, 1.82) is 0 Å². The van der Waals surface area contributed by atoms with Crippen molar-refractivity contribution in [3.8, 4) is 0 Å². The standard InChI is InChI=1S/C12H19ClO4/c1-8(2)6-16-11(14)5-10(13)12(15)17-7-9(3)4/h5,8-9H,6-7H2,1-4H3/b10-5-. The maximum atomic E-state index is 11.3. The van der Waals surface area contributed by atoms with Crippen molar-refractivity contribution in [2.75, 3.05) is 13.2 Å². The third kappa shape index (κ3) is 8.74. The van der Waals surface area contributed by atoms with Crippen molar-refractivity contribution in [1.82, 2.24) is 0 Å². The molecule has 0 unspecified atom stereocenters. The molecule has 4 nitrogen and oxygen atoms in total. The highest BCUT2D eigenvalue weighted by Crippen LogP contribution is 2.06. The summed E-state index contributed by atoms with van der Waals surface area (Å²) in [6.45, 7) is 8.19. The molecule has 0 aliphatic rings. The molecule has 5 heteroatoms. The molecule has 0 bridgehead atoms. The van der Waals surface area contributed by atoms with Crippen LogP contribution in [0, 0.1) is 11.8 Å². The maximum Gasteiger partial charge on any atom is 0.350 e. The van der Waals surface area contributed by atoms with Crippen LogP contribution >= 0.6 is 11.6 Å². The lowest BCUT2D eigenvalue weighted by molar-refractivity contribution is -0.141. The first-order valence-corrected chi connectivity index (χ1v) is 5.91. The molecule has 0 saturated heterocycles. The van der Waals surface area contributed by atoms with E-state index < -0.39 is 11.9 Å². The summed E-state index contributed by atoms with van der Waals surface area (Å²) in [5.41, 5.74) is 0. The van der Waals surface area contributed by atoms with Gasteiger partial charge in [0, 0.05) is 6.08 Å². The largest absolute Gasteiger partial charge is 0.462 e. The van der Waals surface area contributed by atoms with Gasteiger partial charge in [0.2, 0.25) is 0 Å². The van der Waals surface area contributed by atoms with E-state index in [0.717, 1.165) is 6.08 Å². The third-order valence-electron chi connectivity index (χ3n) is 1.55. The molecule has 0 aliphatic carbocycles. The summed E-state index contributed by atoms with van der Waals surface area (Å²) < 4.78 is 9.69. The minimum atomic E-state index is -0.707. The van der Waals surface area contributed by atoms with Gasteiger partial charge in [0.1, 0.15) is 5.03 Å². The molecule has 98 valence electrons. The van der Waals surface area contributed by atoms with E-state index in [1.54, 1.807) is 0 Å². The van der Waals surface area contributed by atoms with Gasteiger partial charge in [-0.1, -0.05) is 39.3 Å². The lowest BCUT2D eigenvalue weighted by atomic mass is 10.2. The molecular formula is C12H19ClO4. The van der Waals surface area contributed by atoms with E-state index in [1.807, 2.05) is 27.7 Å². The minimum Gasteiger partial charge on any atom is -0.462 e. The summed E-state index contributed by atoms with van der Waals surface area (Å²) in [7, 11) is 0. The highest BCUT2D eigenvalue weighted by molar-refractivity contribution is 6.42.